The van der Waals surface area contributed by atoms with E-state index in [1.165, 1.54) is 5.56 Å². The van der Waals surface area contributed by atoms with Gasteiger partial charge in [0.2, 0.25) is 0 Å². The second-order valence-electron chi connectivity index (χ2n) is 3.93. The molecule has 0 fully saturated rings. The molecule has 0 saturated heterocycles. The maximum absolute atomic E-state index is 5.85. The van der Waals surface area contributed by atoms with Crippen LogP contribution in [0, 0.1) is 0 Å². The molecule has 90 valence electrons. The van der Waals surface area contributed by atoms with Gasteiger partial charge < -0.3 is 5.32 Å². The fourth-order valence-corrected chi connectivity index (χ4v) is 2.32. The number of hydrogen-bond acceptors (Lipinski definition) is 4. The van der Waals surface area contributed by atoms with Crippen molar-refractivity contribution in [1.29, 1.82) is 0 Å². The standard InChI is InChI=1S/C12H14ClN3S/c1-9(10-5-3-2-4-6-10)7-8-14-12-11(13)15-17-16-12/h2-6,9H,7-8H2,1H3,(H,14,16). The number of halogens is 1. The van der Waals surface area contributed by atoms with Gasteiger partial charge in [-0.05, 0) is 17.9 Å². The Labute approximate surface area is 110 Å². The number of rotatable bonds is 5. The van der Waals surface area contributed by atoms with Crippen molar-refractivity contribution < 1.29 is 0 Å². The molecule has 0 aliphatic carbocycles. The molecule has 3 nitrogen and oxygen atoms in total. The van der Waals surface area contributed by atoms with E-state index in [0.717, 1.165) is 24.7 Å². The Balaban J connectivity index is 1.81. The third-order valence-corrected chi connectivity index (χ3v) is 3.58. The lowest BCUT2D eigenvalue weighted by Gasteiger charge is -2.11. The molecule has 1 aromatic carbocycles. The van der Waals surface area contributed by atoms with E-state index in [9.17, 15) is 0 Å². The molecule has 2 rings (SSSR count). The first-order valence-corrected chi connectivity index (χ1v) is 6.65. The van der Waals surface area contributed by atoms with Crippen molar-refractivity contribution in [3.05, 3.63) is 41.0 Å². The van der Waals surface area contributed by atoms with Gasteiger partial charge in [-0.1, -0.05) is 48.9 Å². The molecule has 0 spiro atoms. The Hall–Kier alpha value is -1.13. The zero-order valence-corrected chi connectivity index (χ0v) is 11.1. The van der Waals surface area contributed by atoms with Crippen LogP contribution >= 0.6 is 23.3 Å². The van der Waals surface area contributed by atoms with Crippen LogP contribution in [-0.2, 0) is 0 Å². The zero-order valence-electron chi connectivity index (χ0n) is 9.56. The Bertz CT molecular complexity index is 458. The van der Waals surface area contributed by atoms with Crippen LogP contribution < -0.4 is 5.32 Å². The van der Waals surface area contributed by atoms with E-state index in [0.29, 0.717) is 16.9 Å². The molecule has 1 unspecified atom stereocenters. The highest BCUT2D eigenvalue weighted by Crippen LogP contribution is 2.21. The van der Waals surface area contributed by atoms with Crippen molar-refractivity contribution >= 4 is 29.1 Å². The molecule has 1 heterocycles. The highest BCUT2D eigenvalue weighted by Gasteiger charge is 2.07. The largest absolute Gasteiger partial charge is 0.367 e. The van der Waals surface area contributed by atoms with E-state index in [1.807, 2.05) is 6.07 Å². The van der Waals surface area contributed by atoms with Gasteiger partial charge in [0, 0.05) is 6.54 Å². The molecule has 0 aliphatic rings. The summed E-state index contributed by atoms with van der Waals surface area (Å²) in [4.78, 5) is 0. The number of nitrogens with one attached hydrogen (secondary N) is 1. The first-order valence-electron chi connectivity index (χ1n) is 5.54. The van der Waals surface area contributed by atoms with E-state index in [2.05, 4.69) is 45.3 Å². The summed E-state index contributed by atoms with van der Waals surface area (Å²) in [5, 5.41) is 3.66. The van der Waals surface area contributed by atoms with Gasteiger partial charge in [0.1, 0.15) is 0 Å². The summed E-state index contributed by atoms with van der Waals surface area (Å²) >= 11 is 6.97. The third kappa shape index (κ3) is 3.41. The molecule has 17 heavy (non-hydrogen) atoms. The van der Waals surface area contributed by atoms with Crippen molar-refractivity contribution in [3.63, 3.8) is 0 Å². The highest BCUT2D eigenvalue weighted by atomic mass is 35.5. The average Bonchev–Trinajstić information content (AvgIpc) is 2.76. The minimum Gasteiger partial charge on any atom is -0.367 e. The van der Waals surface area contributed by atoms with E-state index in [4.69, 9.17) is 11.6 Å². The maximum Gasteiger partial charge on any atom is 0.186 e. The highest BCUT2D eigenvalue weighted by molar-refractivity contribution is 6.99. The summed E-state index contributed by atoms with van der Waals surface area (Å²) in [6.45, 7) is 3.07. The van der Waals surface area contributed by atoms with Crippen LogP contribution in [0.15, 0.2) is 30.3 Å². The lowest BCUT2D eigenvalue weighted by Crippen LogP contribution is -2.06. The van der Waals surface area contributed by atoms with E-state index in [1.54, 1.807) is 0 Å². The van der Waals surface area contributed by atoms with E-state index in [-0.39, 0.29) is 0 Å². The summed E-state index contributed by atoms with van der Waals surface area (Å²) in [5.41, 5.74) is 1.36. The predicted molar refractivity (Wildman–Crippen MR) is 72.9 cm³/mol. The van der Waals surface area contributed by atoms with Crippen molar-refractivity contribution in [1.82, 2.24) is 8.75 Å². The Morgan fingerprint density at radius 2 is 2.06 bits per heavy atom. The van der Waals surface area contributed by atoms with Crippen LogP contribution in [0.1, 0.15) is 24.8 Å². The molecular formula is C12H14ClN3S. The molecule has 0 saturated carbocycles. The summed E-state index contributed by atoms with van der Waals surface area (Å²) in [5.74, 6) is 1.21. The first kappa shape index (κ1) is 12.3. The topological polar surface area (TPSA) is 37.8 Å². The van der Waals surface area contributed by atoms with Gasteiger partial charge in [-0.3, -0.25) is 0 Å². The Kier molecular flexibility index (Phi) is 4.34. The Morgan fingerprint density at radius 1 is 1.29 bits per heavy atom. The van der Waals surface area contributed by atoms with Crippen molar-refractivity contribution in [2.45, 2.75) is 19.3 Å². The van der Waals surface area contributed by atoms with Gasteiger partial charge in [0.15, 0.2) is 11.0 Å². The van der Waals surface area contributed by atoms with Crippen LogP contribution in [0.25, 0.3) is 0 Å². The molecule has 0 bridgehead atoms. The number of benzene rings is 1. The maximum atomic E-state index is 5.85. The van der Waals surface area contributed by atoms with Gasteiger partial charge in [-0.2, -0.15) is 8.75 Å². The van der Waals surface area contributed by atoms with Gasteiger partial charge in [-0.25, -0.2) is 0 Å². The van der Waals surface area contributed by atoms with Gasteiger partial charge in [-0.15, -0.1) is 0 Å². The quantitative estimate of drug-likeness (QED) is 0.895. The van der Waals surface area contributed by atoms with Gasteiger partial charge in [0.05, 0.1) is 11.7 Å². The summed E-state index contributed by atoms with van der Waals surface area (Å²) in [6, 6.07) is 10.5. The SMILES string of the molecule is CC(CCNc1nsnc1Cl)c1ccccc1. The second kappa shape index (κ2) is 5.98. The molecule has 1 N–H and O–H groups in total. The summed E-state index contributed by atoms with van der Waals surface area (Å²) in [6.07, 6.45) is 1.04. The van der Waals surface area contributed by atoms with E-state index >= 15 is 0 Å². The smallest absolute Gasteiger partial charge is 0.186 e. The zero-order chi connectivity index (χ0) is 12.1. The Morgan fingerprint density at radius 3 is 2.71 bits per heavy atom. The van der Waals surface area contributed by atoms with Crippen molar-refractivity contribution in [2.75, 3.05) is 11.9 Å². The lowest BCUT2D eigenvalue weighted by molar-refractivity contribution is 0.705. The molecule has 0 radical (unpaired) electrons. The van der Waals surface area contributed by atoms with Crippen LogP contribution in [-0.4, -0.2) is 15.3 Å². The van der Waals surface area contributed by atoms with Crippen LogP contribution in [0.3, 0.4) is 0 Å². The number of nitrogens with zero attached hydrogens (tertiary/aromatic N) is 2. The average molecular weight is 268 g/mol. The third-order valence-electron chi connectivity index (χ3n) is 2.69. The fourth-order valence-electron chi connectivity index (χ4n) is 1.64. The number of hydrogen-bond donors (Lipinski definition) is 1. The van der Waals surface area contributed by atoms with Crippen molar-refractivity contribution in [3.8, 4) is 0 Å². The minimum atomic E-state index is 0.461. The molecule has 5 heteroatoms. The molecule has 0 amide bonds. The molecule has 1 atom stereocenters. The van der Waals surface area contributed by atoms with Crippen LogP contribution in [0.2, 0.25) is 5.15 Å². The molecule has 1 aromatic heterocycles. The summed E-state index contributed by atoms with van der Waals surface area (Å²) < 4.78 is 7.98. The normalized spacial score (nSPS) is 12.4. The monoisotopic (exact) mass is 267 g/mol. The molecular weight excluding hydrogens is 254 g/mol. The summed E-state index contributed by atoms with van der Waals surface area (Å²) in [7, 11) is 0. The predicted octanol–water partition coefficient (Wildman–Crippen LogP) is 3.80. The second-order valence-corrected chi connectivity index (χ2v) is 4.82. The van der Waals surface area contributed by atoms with Crippen LogP contribution in [0.4, 0.5) is 5.82 Å². The van der Waals surface area contributed by atoms with Crippen molar-refractivity contribution in [2.24, 2.45) is 0 Å². The molecule has 2 aromatic rings. The van der Waals surface area contributed by atoms with Crippen LogP contribution in [0.5, 0.6) is 0 Å². The van der Waals surface area contributed by atoms with Gasteiger partial charge >= 0.3 is 0 Å². The molecule has 0 aliphatic heterocycles. The lowest BCUT2D eigenvalue weighted by atomic mass is 9.98. The number of aromatic nitrogens is 2. The number of anilines is 1. The van der Waals surface area contributed by atoms with Gasteiger partial charge in [0.25, 0.3) is 0 Å². The minimum absolute atomic E-state index is 0.461. The first-order chi connectivity index (χ1) is 8.27. The fraction of sp³-hybridized carbons (Fsp3) is 0.333. The van der Waals surface area contributed by atoms with E-state index < -0.39 is 0 Å².